The molecule has 0 amide bonds. The van der Waals surface area contributed by atoms with Crippen molar-refractivity contribution in [3.05, 3.63) is 40.4 Å². The van der Waals surface area contributed by atoms with Crippen molar-refractivity contribution >= 4 is 27.6 Å². The van der Waals surface area contributed by atoms with Crippen LogP contribution in [0.2, 0.25) is 0 Å². The topological polar surface area (TPSA) is 49.3 Å². The molecule has 0 aliphatic heterocycles. The van der Waals surface area contributed by atoms with Gasteiger partial charge in [-0.2, -0.15) is 0 Å². The van der Waals surface area contributed by atoms with Crippen molar-refractivity contribution in [2.24, 2.45) is 0 Å². The quantitative estimate of drug-likeness (QED) is 0.836. The minimum atomic E-state index is -0.908. The summed E-state index contributed by atoms with van der Waals surface area (Å²) >= 11 is 3.27. The van der Waals surface area contributed by atoms with Crippen molar-refractivity contribution in [2.75, 3.05) is 5.32 Å². The van der Waals surface area contributed by atoms with E-state index in [2.05, 4.69) is 33.4 Å². The lowest BCUT2D eigenvalue weighted by Crippen LogP contribution is -2.17. The van der Waals surface area contributed by atoms with Crippen molar-refractivity contribution in [1.29, 1.82) is 0 Å². The number of carbonyl (C=O) groups is 1. The minimum absolute atomic E-state index is 0.307. The Bertz CT molecular complexity index is 435. The molecular weight excluding hydrogens is 270 g/mol. The molecule has 0 saturated heterocycles. The van der Waals surface area contributed by atoms with E-state index in [0.29, 0.717) is 17.3 Å². The Balaban J connectivity index is 2.22. The molecule has 0 fully saturated rings. The number of aromatic carboxylic acids is 1. The smallest absolute Gasteiger partial charge is 0.337 e. The largest absolute Gasteiger partial charge is 0.478 e. The second-order valence-electron chi connectivity index (χ2n) is 3.78. The number of hydrogen-bond donors (Lipinski definition) is 2. The number of carboxylic acids is 1. The van der Waals surface area contributed by atoms with E-state index in [1.54, 1.807) is 12.1 Å². The molecule has 2 rings (SSSR count). The summed E-state index contributed by atoms with van der Waals surface area (Å²) in [4.78, 5) is 11.1. The van der Waals surface area contributed by atoms with Gasteiger partial charge in [0, 0.05) is 16.2 Å². The lowest BCUT2D eigenvalue weighted by Gasteiger charge is -2.15. The van der Waals surface area contributed by atoms with Crippen molar-refractivity contribution in [1.82, 2.24) is 0 Å². The van der Waals surface area contributed by atoms with Crippen LogP contribution >= 0.6 is 15.9 Å². The molecule has 0 aromatic heterocycles. The van der Waals surface area contributed by atoms with Crippen LogP contribution in [0.4, 0.5) is 5.69 Å². The monoisotopic (exact) mass is 281 g/mol. The third kappa shape index (κ3) is 2.44. The summed E-state index contributed by atoms with van der Waals surface area (Å²) in [5.74, 6) is -0.908. The maximum atomic E-state index is 11.1. The Morgan fingerprint density at radius 3 is 2.69 bits per heavy atom. The van der Waals surface area contributed by atoms with Crippen molar-refractivity contribution in [2.45, 2.75) is 18.9 Å². The van der Waals surface area contributed by atoms with Gasteiger partial charge in [-0.1, -0.05) is 28.1 Å². The molecule has 4 heteroatoms. The molecule has 0 unspecified atom stereocenters. The fraction of sp³-hybridized carbons (Fsp3) is 0.250. The molecule has 1 aliphatic carbocycles. The first-order chi connectivity index (χ1) is 7.66. The number of rotatable bonds is 3. The second-order valence-corrected chi connectivity index (χ2v) is 4.69. The summed E-state index contributed by atoms with van der Waals surface area (Å²) in [6.45, 7) is 0. The molecule has 2 N–H and O–H groups in total. The lowest BCUT2D eigenvalue weighted by atomic mass is 10.1. The molecule has 0 atom stereocenters. The zero-order valence-electron chi connectivity index (χ0n) is 8.61. The van der Waals surface area contributed by atoms with Crippen molar-refractivity contribution in [3.63, 3.8) is 0 Å². The van der Waals surface area contributed by atoms with Crippen LogP contribution in [-0.2, 0) is 0 Å². The normalized spacial score (nSPS) is 15.3. The molecule has 0 radical (unpaired) electrons. The highest BCUT2D eigenvalue weighted by molar-refractivity contribution is 9.10. The molecule has 3 nitrogen and oxygen atoms in total. The van der Waals surface area contributed by atoms with Crippen LogP contribution in [0.1, 0.15) is 23.2 Å². The van der Waals surface area contributed by atoms with Gasteiger partial charge in [0.1, 0.15) is 0 Å². The van der Waals surface area contributed by atoms with Crippen molar-refractivity contribution < 1.29 is 9.90 Å². The van der Waals surface area contributed by atoms with Crippen LogP contribution < -0.4 is 5.32 Å². The van der Waals surface area contributed by atoms with Gasteiger partial charge in [0.25, 0.3) is 0 Å². The van der Waals surface area contributed by atoms with Gasteiger partial charge in [-0.3, -0.25) is 0 Å². The second kappa shape index (κ2) is 4.70. The molecule has 0 saturated carbocycles. The van der Waals surface area contributed by atoms with E-state index < -0.39 is 5.97 Å². The number of hydrogen-bond acceptors (Lipinski definition) is 2. The molecule has 16 heavy (non-hydrogen) atoms. The highest BCUT2D eigenvalue weighted by Gasteiger charge is 2.15. The summed E-state index contributed by atoms with van der Waals surface area (Å²) in [6, 6.07) is 5.58. The molecule has 0 spiro atoms. The summed E-state index contributed by atoms with van der Waals surface area (Å²) in [6.07, 6.45) is 6.12. The first-order valence-corrected chi connectivity index (χ1v) is 5.90. The molecule has 1 aliphatic rings. The number of nitrogens with one attached hydrogen (secondary N) is 1. The van der Waals surface area contributed by atoms with Gasteiger partial charge in [-0.25, -0.2) is 4.79 Å². The van der Waals surface area contributed by atoms with Crippen LogP contribution in [0.25, 0.3) is 0 Å². The third-order valence-electron chi connectivity index (χ3n) is 2.58. The van der Waals surface area contributed by atoms with E-state index in [-0.39, 0.29) is 0 Å². The summed E-state index contributed by atoms with van der Waals surface area (Å²) < 4.78 is 0.778. The van der Waals surface area contributed by atoms with Gasteiger partial charge in [-0.05, 0) is 31.0 Å². The van der Waals surface area contributed by atoms with Gasteiger partial charge in [0.05, 0.1) is 5.56 Å². The lowest BCUT2D eigenvalue weighted by molar-refractivity contribution is 0.0698. The van der Waals surface area contributed by atoms with Gasteiger partial charge in [0.15, 0.2) is 0 Å². The third-order valence-corrected chi connectivity index (χ3v) is 3.07. The minimum Gasteiger partial charge on any atom is -0.478 e. The first-order valence-electron chi connectivity index (χ1n) is 5.11. The van der Waals surface area contributed by atoms with Gasteiger partial charge in [-0.15, -0.1) is 0 Å². The first kappa shape index (κ1) is 11.2. The van der Waals surface area contributed by atoms with Crippen LogP contribution in [0, 0.1) is 0 Å². The maximum absolute atomic E-state index is 11.1. The van der Waals surface area contributed by atoms with E-state index in [1.807, 2.05) is 6.07 Å². The summed E-state index contributed by atoms with van der Waals surface area (Å²) in [7, 11) is 0. The number of carboxylic acid groups (broad SMARTS) is 1. The van der Waals surface area contributed by atoms with E-state index in [0.717, 1.165) is 17.3 Å². The molecule has 1 aromatic rings. The fourth-order valence-corrected chi connectivity index (χ4v) is 2.14. The maximum Gasteiger partial charge on any atom is 0.337 e. The molecular formula is C12H12BrNO2. The van der Waals surface area contributed by atoms with Crippen LogP contribution in [0.15, 0.2) is 34.8 Å². The molecule has 0 bridgehead atoms. The predicted octanol–water partition coefficient (Wildman–Crippen LogP) is 3.28. The van der Waals surface area contributed by atoms with Gasteiger partial charge < -0.3 is 10.4 Å². The predicted molar refractivity (Wildman–Crippen MR) is 66.9 cm³/mol. The van der Waals surface area contributed by atoms with E-state index in [4.69, 9.17) is 5.11 Å². The standard InChI is InChI=1S/C12H12BrNO2/c13-8-5-6-11(10(7-8)12(15)16)14-9-3-1-2-4-9/h1-2,5-7,9,14H,3-4H2,(H,15,16). The Hall–Kier alpha value is -1.29. The number of halogens is 1. The van der Waals surface area contributed by atoms with Crippen molar-refractivity contribution in [3.8, 4) is 0 Å². The SMILES string of the molecule is O=C(O)c1cc(Br)ccc1NC1CC=CC1. The van der Waals surface area contributed by atoms with Crippen LogP contribution in [0.5, 0.6) is 0 Å². The molecule has 84 valence electrons. The summed E-state index contributed by atoms with van der Waals surface area (Å²) in [5.41, 5.74) is 0.991. The highest BCUT2D eigenvalue weighted by Crippen LogP contribution is 2.24. The Labute approximate surface area is 102 Å². The van der Waals surface area contributed by atoms with Crippen LogP contribution in [0.3, 0.4) is 0 Å². The molecule has 1 aromatic carbocycles. The van der Waals surface area contributed by atoms with E-state index in [1.165, 1.54) is 0 Å². The number of anilines is 1. The zero-order chi connectivity index (χ0) is 11.5. The Morgan fingerprint density at radius 2 is 2.06 bits per heavy atom. The average molecular weight is 282 g/mol. The average Bonchev–Trinajstić information content (AvgIpc) is 2.73. The zero-order valence-corrected chi connectivity index (χ0v) is 10.2. The Morgan fingerprint density at radius 1 is 1.38 bits per heavy atom. The fourth-order valence-electron chi connectivity index (χ4n) is 1.77. The Kier molecular flexibility index (Phi) is 3.29. The van der Waals surface area contributed by atoms with Gasteiger partial charge >= 0.3 is 5.97 Å². The van der Waals surface area contributed by atoms with Gasteiger partial charge in [0.2, 0.25) is 0 Å². The highest BCUT2D eigenvalue weighted by atomic mass is 79.9. The molecule has 0 heterocycles. The van der Waals surface area contributed by atoms with Crippen LogP contribution in [-0.4, -0.2) is 17.1 Å². The van der Waals surface area contributed by atoms with E-state index >= 15 is 0 Å². The number of benzene rings is 1. The summed E-state index contributed by atoms with van der Waals surface area (Å²) in [5, 5.41) is 12.3. The van der Waals surface area contributed by atoms with E-state index in [9.17, 15) is 4.79 Å².